The zero-order valence-electron chi connectivity index (χ0n) is 39.2. The molecule has 1 fully saturated rings. The van der Waals surface area contributed by atoms with Gasteiger partial charge in [-0.2, -0.15) is 0 Å². The number of rotatable bonds is 16. The summed E-state index contributed by atoms with van der Waals surface area (Å²) in [5.74, 6) is -0.0577. The lowest BCUT2D eigenvalue weighted by molar-refractivity contribution is -0.146. The zero-order valence-corrected chi connectivity index (χ0v) is 40.2. The maximum Gasteiger partial charge on any atom is 0.264 e. The summed E-state index contributed by atoms with van der Waals surface area (Å²) in [5, 5.41) is 27.6. The van der Waals surface area contributed by atoms with Gasteiger partial charge in [0.25, 0.3) is 5.91 Å². The second kappa shape index (κ2) is 18.6. The van der Waals surface area contributed by atoms with Gasteiger partial charge in [0.15, 0.2) is 5.60 Å². The van der Waals surface area contributed by atoms with Gasteiger partial charge in [0.2, 0.25) is 11.8 Å². The van der Waals surface area contributed by atoms with Crippen molar-refractivity contribution in [2.75, 3.05) is 29.3 Å². The first-order valence-corrected chi connectivity index (χ1v) is 26.6. The molecule has 3 aromatic heterocycles. The molecule has 0 bridgehead atoms. The molecule has 8 aromatic rings. The molecule has 0 unspecified atom stereocenters. The standard InChI is InChI=1S/C54H56N8O6Si/c1-34-52(69(3,4)42-19-17-41(67-2)18-20-42)49(22-24-61-33-40(23-25-63)59-60-61)68-54(34)45-29-39(58-51(65)28-37-31-56-47-15-8-6-13-44(37)47)16-21-48(45)62(53(54)66)32-35-10-9-11-38(26-35)57-50(64)27-36-30-55-46-14-7-5-12-43(36)46/h5-21,26,29-31,33-34,49,52,55-56,63H,22-25,27-28,32H2,1-4H3,(H,57,64)(H,58,65)/t34-,49+,52-,54+/m0/s1. The summed E-state index contributed by atoms with van der Waals surface area (Å²) >= 11 is 0. The van der Waals surface area contributed by atoms with Crippen molar-refractivity contribution in [3.63, 3.8) is 0 Å². The van der Waals surface area contributed by atoms with E-state index in [0.717, 1.165) is 44.2 Å². The fourth-order valence-corrected chi connectivity index (χ4v) is 15.1. The number of benzene rings is 5. The van der Waals surface area contributed by atoms with Gasteiger partial charge in [-0.1, -0.05) is 91.1 Å². The summed E-state index contributed by atoms with van der Waals surface area (Å²) in [7, 11) is -0.841. The van der Waals surface area contributed by atoms with Crippen molar-refractivity contribution in [1.82, 2.24) is 25.0 Å². The van der Waals surface area contributed by atoms with E-state index >= 15 is 4.79 Å². The van der Waals surface area contributed by atoms with E-state index in [9.17, 15) is 14.7 Å². The number of aryl methyl sites for hydroxylation is 1. The van der Waals surface area contributed by atoms with Crippen LogP contribution in [0.5, 0.6) is 5.75 Å². The Kier molecular flexibility index (Phi) is 12.3. The van der Waals surface area contributed by atoms with E-state index < -0.39 is 13.7 Å². The molecule has 10 rings (SSSR count). The molecule has 2 aliphatic heterocycles. The Labute approximate surface area is 401 Å². The first-order chi connectivity index (χ1) is 33.4. The molecule has 352 valence electrons. The first kappa shape index (κ1) is 45.4. The molecule has 2 aliphatic rings. The number of ether oxygens (including phenoxy) is 2. The van der Waals surface area contributed by atoms with Gasteiger partial charge in [-0.25, -0.2) is 0 Å². The lowest BCUT2D eigenvalue weighted by atomic mass is 9.82. The summed E-state index contributed by atoms with van der Waals surface area (Å²) in [6, 6.07) is 37.4. The number of anilines is 3. The Balaban J connectivity index is 0.994. The third-order valence-electron chi connectivity index (χ3n) is 14.3. The molecule has 14 nitrogen and oxygen atoms in total. The van der Waals surface area contributed by atoms with Crippen LogP contribution in [0, 0.1) is 5.92 Å². The van der Waals surface area contributed by atoms with Crippen molar-refractivity contribution >= 4 is 69.9 Å². The minimum atomic E-state index is -2.50. The van der Waals surface area contributed by atoms with Gasteiger partial charge in [-0.15, -0.1) is 5.10 Å². The number of fused-ring (bicyclic) bond motifs is 4. The normalized spacial score (nSPS) is 18.9. The molecule has 0 saturated carbocycles. The monoisotopic (exact) mass is 940 g/mol. The number of carbonyl (C=O) groups excluding carboxylic acids is 3. The second-order valence-corrected chi connectivity index (χ2v) is 23.6. The van der Waals surface area contributed by atoms with Crippen LogP contribution in [-0.4, -0.2) is 75.7 Å². The van der Waals surface area contributed by atoms with Crippen LogP contribution in [-0.2, 0) is 57.1 Å². The quantitative estimate of drug-likeness (QED) is 0.0605. The average molecular weight is 941 g/mol. The SMILES string of the molecule is COc1ccc([Si](C)(C)[C@@H]2[C@@H](CCn3cc(CCO)nn3)O[C@]3(C(=O)N(Cc4cccc(NC(=O)Cc5c[nH]c6ccccc56)c4)c4ccc(NC(=O)Cc5c[nH]c6ccccc56)cc43)[C@H]2C)cc1. The van der Waals surface area contributed by atoms with Crippen LogP contribution in [0.4, 0.5) is 17.1 Å². The van der Waals surface area contributed by atoms with E-state index in [1.807, 2.05) is 122 Å². The van der Waals surface area contributed by atoms with Crippen molar-refractivity contribution in [3.8, 4) is 5.75 Å². The van der Waals surface area contributed by atoms with Gasteiger partial charge in [0, 0.05) is 82.8 Å². The highest BCUT2D eigenvalue weighted by Gasteiger charge is 2.66. The smallest absolute Gasteiger partial charge is 0.264 e. The van der Waals surface area contributed by atoms with Crippen LogP contribution in [0.15, 0.2) is 134 Å². The van der Waals surface area contributed by atoms with Crippen LogP contribution in [0.2, 0.25) is 18.6 Å². The van der Waals surface area contributed by atoms with Crippen molar-refractivity contribution in [1.29, 1.82) is 0 Å². The first-order valence-electron chi connectivity index (χ1n) is 23.5. The number of nitrogens with one attached hydrogen (secondary N) is 4. The zero-order chi connectivity index (χ0) is 47.9. The molecule has 5 heterocycles. The number of amides is 3. The molecular formula is C54H56N8O6Si. The Morgan fingerprint density at radius 1 is 0.841 bits per heavy atom. The number of H-pyrrole nitrogens is 2. The van der Waals surface area contributed by atoms with E-state index in [1.165, 1.54) is 5.19 Å². The minimum Gasteiger partial charge on any atom is -0.497 e. The Bertz CT molecular complexity index is 3200. The highest BCUT2D eigenvalue weighted by atomic mass is 28.3. The summed E-state index contributed by atoms with van der Waals surface area (Å²) in [5.41, 5.74) is 6.38. The summed E-state index contributed by atoms with van der Waals surface area (Å²) in [6.45, 7) is 7.51. The summed E-state index contributed by atoms with van der Waals surface area (Å²) in [4.78, 5) is 51.4. The average Bonchev–Trinajstić information content (AvgIpc) is 4.18. The van der Waals surface area contributed by atoms with Crippen LogP contribution >= 0.6 is 0 Å². The molecule has 0 radical (unpaired) electrons. The maximum atomic E-state index is 15.8. The molecule has 5 N–H and O–H groups in total. The number of carbonyl (C=O) groups is 3. The fraction of sp³-hybridized carbons (Fsp3) is 0.278. The molecule has 3 amide bonds. The minimum absolute atomic E-state index is 0.0254. The Morgan fingerprint density at radius 2 is 1.49 bits per heavy atom. The number of para-hydroxylation sites is 2. The molecule has 4 atom stereocenters. The molecule has 15 heteroatoms. The summed E-state index contributed by atoms with van der Waals surface area (Å²) < 4.78 is 14.8. The largest absolute Gasteiger partial charge is 0.497 e. The molecule has 1 spiro atoms. The van der Waals surface area contributed by atoms with Crippen LogP contribution in [0.1, 0.15) is 41.3 Å². The molecular weight excluding hydrogens is 885 g/mol. The highest BCUT2D eigenvalue weighted by molar-refractivity contribution is 6.91. The van der Waals surface area contributed by atoms with E-state index in [-0.39, 0.29) is 61.3 Å². The van der Waals surface area contributed by atoms with Gasteiger partial charge in [-0.3, -0.25) is 19.1 Å². The van der Waals surface area contributed by atoms with Gasteiger partial charge in [0.05, 0.1) is 52.1 Å². The second-order valence-electron chi connectivity index (χ2n) is 18.9. The number of methoxy groups -OCH3 is 1. The topological polar surface area (TPSA) is 179 Å². The Hall–Kier alpha value is -7.33. The third kappa shape index (κ3) is 8.62. The number of aliphatic hydroxyl groups is 1. The molecule has 1 saturated heterocycles. The van der Waals surface area contributed by atoms with Gasteiger partial charge < -0.3 is 40.1 Å². The third-order valence-corrected chi connectivity index (χ3v) is 18.7. The number of aromatic nitrogens is 5. The molecule has 5 aromatic carbocycles. The highest BCUT2D eigenvalue weighted by Crippen LogP contribution is 2.60. The Morgan fingerprint density at radius 3 is 2.14 bits per heavy atom. The van der Waals surface area contributed by atoms with Crippen LogP contribution in [0.3, 0.4) is 0 Å². The predicted molar refractivity (Wildman–Crippen MR) is 270 cm³/mol. The van der Waals surface area contributed by atoms with Gasteiger partial charge in [0.1, 0.15) is 5.75 Å². The number of hydrogen-bond acceptors (Lipinski definition) is 8. The van der Waals surface area contributed by atoms with Crippen molar-refractivity contribution in [3.05, 3.63) is 162 Å². The lowest BCUT2D eigenvalue weighted by Gasteiger charge is -2.37. The van der Waals surface area contributed by atoms with Crippen molar-refractivity contribution in [2.24, 2.45) is 5.92 Å². The lowest BCUT2D eigenvalue weighted by Crippen LogP contribution is -2.51. The molecule has 69 heavy (non-hydrogen) atoms. The fourth-order valence-electron chi connectivity index (χ4n) is 11.0. The number of aliphatic hydroxyl groups excluding tert-OH is 1. The number of hydrogen-bond donors (Lipinski definition) is 5. The van der Waals surface area contributed by atoms with Crippen LogP contribution in [0.25, 0.3) is 21.8 Å². The number of aromatic amines is 2. The van der Waals surface area contributed by atoms with Gasteiger partial charge in [-0.05, 0) is 83.2 Å². The van der Waals surface area contributed by atoms with Crippen molar-refractivity contribution < 1.29 is 29.0 Å². The van der Waals surface area contributed by atoms with Crippen LogP contribution < -0.4 is 25.5 Å². The maximum absolute atomic E-state index is 15.8. The van der Waals surface area contributed by atoms with E-state index in [1.54, 1.807) is 16.7 Å². The molecule has 0 aliphatic carbocycles. The van der Waals surface area contributed by atoms with Crippen molar-refractivity contribution in [2.45, 2.75) is 76.0 Å². The summed E-state index contributed by atoms with van der Waals surface area (Å²) in [6.07, 6.45) is 6.54. The van der Waals surface area contributed by atoms with E-state index in [2.05, 4.69) is 63.1 Å². The van der Waals surface area contributed by atoms with Gasteiger partial charge >= 0.3 is 0 Å². The number of nitrogens with zero attached hydrogens (tertiary/aromatic N) is 4. The predicted octanol–water partition coefficient (Wildman–Crippen LogP) is 8.00. The van der Waals surface area contributed by atoms with E-state index in [0.29, 0.717) is 47.7 Å². The van der Waals surface area contributed by atoms with E-state index in [4.69, 9.17) is 9.47 Å².